The summed E-state index contributed by atoms with van der Waals surface area (Å²) in [5.41, 5.74) is 2.29. The number of nitrogens with zero attached hydrogens (tertiary/aromatic N) is 1. The molecule has 1 atom stereocenters. The molecule has 1 aliphatic heterocycles. The van der Waals surface area contributed by atoms with Gasteiger partial charge in [-0.1, -0.05) is 80.6 Å². The van der Waals surface area contributed by atoms with Crippen molar-refractivity contribution in [1.82, 2.24) is 4.90 Å². The molecule has 0 saturated carbocycles. The number of benzene rings is 3. The molecular formula is C32H35NO5. The van der Waals surface area contributed by atoms with E-state index in [2.05, 4.69) is 13.8 Å². The molecule has 1 heterocycles. The first-order valence-electron chi connectivity index (χ1n) is 13.2. The van der Waals surface area contributed by atoms with Crippen LogP contribution in [0.15, 0.2) is 84.4 Å². The number of likely N-dealkylation sites (tertiary alicyclic amines) is 1. The van der Waals surface area contributed by atoms with E-state index >= 15 is 0 Å². The normalized spacial score (nSPS) is 16.7. The summed E-state index contributed by atoms with van der Waals surface area (Å²) >= 11 is 0. The van der Waals surface area contributed by atoms with Crippen molar-refractivity contribution in [3.05, 3.63) is 101 Å². The Balaban J connectivity index is 1.76. The molecule has 6 nitrogen and oxygen atoms in total. The number of hydrogen-bond donors (Lipinski definition) is 1. The molecular weight excluding hydrogens is 478 g/mol. The van der Waals surface area contributed by atoms with Crippen LogP contribution in [0.3, 0.4) is 0 Å². The maximum atomic E-state index is 13.3. The largest absolute Gasteiger partial charge is 0.507 e. The van der Waals surface area contributed by atoms with Gasteiger partial charge in [0.2, 0.25) is 0 Å². The molecule has 198 valence electrons. The van der Waals surface area contributed by atoms with Crippen molar-refractivity contribution >= 4 is 17.4 Å². The van der Waals surface area contributed by atoms with Crippen molar-refractivity contribution in [2.75, 3.05) is 19.8 Å². The maximum Gasteiger partial charge on any atom is 0.295 e. The minimum absolute atomic E-state index is 0.0742. The van der Waals surface area contributed by atoms with Gasteiger partial charge in [-0.15, -0.1) is 0 Å². The Hall–Kier alpha value is -4.06. The maximum absolute atomic E-state index is 13.3. The lowest BCUT2D eigenvalue weighted by atomic mass is 9.95. The fraction of sp³-hybridized carbons (Fsp3) is 0.312. The molecule has 38 heavy (non-hydrogen) atoms. The number of ketones is 1. The average Bonchev–Trinajstić information content (AvgIpc) is 3.18. The van der Waals surface area contributed by atoms with Crippen molar-refractivity contribution in [2.24, 2.45) is 5.92 Å². The van der Waals surface area contributed by atoms with E-state index in [-0.39, 0.29) is 11.3 Å². The minimum atomic E-state index is -0.761. The van der Waals surface area contributed by atoms with E-state index in [4.69, 9.17) is 9.47 Å². The van der Waals surface area contributed by atoms with Crippen LogP contribution in [0.4, 0.5) is 0 Å². The number of carbonyl (C=O) groups excluding carboxylic acids is 2. The highest BCUT2D eigenvalue weighted by atomic mass is 16.5. The van der Waals surface area contributed by atoms with Crippen LogP contribution < -0.4 is 9.47 Å². The molecule has 1 unspecified atom stereocenters. The summed E-state index contributed by atoms with van der Waals surface area (Å²) in [6.07, 6.45) is 1.48. The number of aliphatic hydroxyl groups is 1. The quantitative estimate of drug-likeness (QED) is 0.188. The highest BCUT2D eigenvalue weighted by molar-refractivity contribution is 6.46. The van der Waals surface area contributed by atoms with E-state index in [1.165, 1.54) is 0 Å². The summed E-state index contributed by atoms with van der Waals surface area (Å²) in [5, 5.41) is 11.3. The van der Waals surface area contributed by atoms with Gasteiger partial charge >= 0.3 is 0 Å². The summed E-state index contributed by atoms with van der Waals surface area (Å²) in [6, 6.07) is 23.4. The molecule has 4 rings (SSSR count). The van der Waals surface area contributed by atoms with Gasteiger partial charge < -0.3 is 19.5 Å². The van der Waals surface area contributed by atoms with Crippen molar-refractivity contribution in [3.8, 4) is 11.5 Å². The first-order valence-corrected chi connectivity index (χ1v) is 13.2. The van der Waals surface area contributed by atoms with Crippen LogP contribution in [0.5, 0.6) is 11.5 Å². The van der Waals surface area contributed by atoms with Crippen LogP contribution in [0.2, 0.25) is 0 Å². The number of Topliss-reactive ketones (excluding diaryl/α,β-unsaturated/α-hetero) is 1. The molecule has 1 aliphatic rings. The zero-order valence-corrected chi connectivity index (χ0v) is 22.2. The standard InChI is InChI=1S/C32H35NO5/c1-4-37-27-21-25(15-16-26(27)38-20-18-22(2)3)29-28(30(34)24-13-9-6-10-14-24)31(35)32(36)33(29)19-17-23-11-7-5-8-12-23/h5-16,21-22,29,34H,4,17-20H2,1-3H3. The van der Waals surface area contributed by atoms with E-state index in [9.17, 15) is 14.7 Å². The fourth-order valence-electron chi connectivity index (χ4n) is 4.59. The summed E-state index contributed by atoms with van der Waals surface area (Å²) in [6.45, 7) is 7.48. The number of rotatable bonds is 11. The van der Waals surface area contributed by atoms with Gasteiger partial charge in [-0.3, -0.25) is 9.59 Å². The minimum Gasteiger partial charge on any atom is -0.507 e. The van der Waals surface area contributed by atoms with Crippen LogP contribution in [0.1, 0.15) is 49.9 Å². The number of carbonyl (C=O) groups is 2. The summed E-state index contributed by atoms with van der Waals surface area (Å²) in [4.78, 5) is 28.2. The molecule has 0 bridgehead atoms. The van der Waals surface area contributed by atoms with Gasteiger partial charge in [0.05, 0.1) is 24.8 Å². The number of hydrogen-bond acceptors (Lipinski definition) is 5. The Labute approximate surface area is 224 Å². The molecule has 1 N–H and O–H groups in total. The first kappa shape index (κ1) is 27.0. The van der Waals surface area contributed by atoms with Crippen LogP contribution in [0, 0.1) is 5.92 Å². The third-order valence-electron chi connectivity index (χ3n) is 6.61. The Bertz CT molecular complexity index is 1280. The SMILES string of the molecule is CCOc1cc(C2C(=C(O)c3ccccc3)C(=O)C(=O)N2CCc2ccccc2)ccc1OCCC(C)C. The molecule has 1 fully saturated rings. The van der Waals surface area contributed by atoms with Gasteiger partial charge in [-0.2, -0.15) is 0 Å². The lowest BCUT2D eigenvalue weighted by Gasteiger charge is -2.26. The fourth-order valence-corrected chi connectivity index (χ4v) is 4.59. The van der Waals surface area contributed by atoms with E-state index < -0.39 is 17.7 Å². The second-order valence-electron chi connectivity index (χ2n) is 9.76. The highest BCUT2D eigenvalue weighted by Gasteiger charge is 2.46. The van der Waals surface area contributed by atoms with Crippen LogP contribution in [0.25, 0.3) is 5.76 Å². The zero-order chi connectivity index (χ0) is 27.1. The third-order valence-corrected chi connectivity index (χ3v) is 6.61. The Morgan fingerprint density at radius 3 is 2.26 bits per heavy atom. The van der Waals surface area contributed by atoms with E-state index in [1.807, 2.05) is 61.5 Å². The zero-order valence-electron chi connectivity index (χ0n) is 22.2. The van der Waals surface area contributed by atoms with E-state index in [1.54, 1.807) is 29.2 Å². The number of aliphatic hydroxyl groups excluding tert-OH is 1. The molecule has 0 spiro atoms. The van der Waals surface area contributed by atoms with Crippen molar-refractivity contribution < 1.29 is 24.2 Å². The molecule has 1 saturated heterocycles. The smallest absolute Gasteiger partial charge is 0.295 e. The Morgan fingerprint density at radius 2 is 1.61 bits per heavy atom. The second-order valence-corrected chi connectivity index (χ2v) is 9.76. The Kier molecular flexibility index (Phi) is 8.85. The molecule has 3 aromatic carbocycles. The monoisotopic (exact) mass is 513 g/mol. The summed E-state index contributed by atoms with van der Waals surface area (Å²) in [5.74, 6) is 0.152. The molecule has 3 aromatic rings. The lowest BCUT2D eigenvalue weighted by Crippen LogP contribution is -2.31. The second kappa shape index (κ2) is 12.5. The van der Waals surface area contributed by atoms with Gasteiger partial charge in [-0.05, 0) is 48.9 Å². The average molecular weight is 514 g/mol. The molecule has 0 radical (unpaired) electrons. The predicted molar refractivity (Wildman–Crippen MR) is 148 cm³/mol. The molecule has 0 aliphatic carbocycles. The van der Waals surface area contributed by atoms with Gasteiger partial charge in [0, 0.05) is 12.1 Å². The van der Waals surface area contributed by atoms with Gasteiger partial charge in [0.15, 0.2) is 11.5 Å². The predicted octanol–water partition coefficient (Wildman–Crippen LogP) is 6.17. The lowest BCUT2D eigenvalue weighted by molar-refractivity contribution is -0.139. The highest BCUT2D eigenvalue weighted by Crippen LogP contribution is 2.42. The van der Waals surface area contributed by atoms with Crippen LogP contribution >= 0.6 is 0 Å². The first-order chi connectivity index (χ1) is 18.4. The summed E-state index contributed by atoms with van der Waals surface area (Å²) < 4.78 is 11.9. The van der Waals surface area contributed by atoms with Crippen LogP contribution in [-0.2, 0) is 16.0 Å². The molecule has 1 amide bonds. The van der Waals surface area contributed by atoms with Crippen molar-refractivity contribution in [2.45, 2.75) is 39.7 Å². The summed E-state index contributed by atoms with van der Waals surface area (Å²) in [7, 11) is 0. The van der Waals surface area contributed by atoms with Gasteiger partial charge in [0.1, 0.15) is 5.76 Å². The molecule has 6 heteroatoms. The van der Waals surface area contributed by atoms with Crippen molar-refractivity contribution in [3.63, 3.8) is 0 Å². The van der Waals surface area contributed by atoms with Crippen LogP contribution in [-0.4, -0.2) is 41.5 Å². The van der Waals surface area contributed by atoms with Gasteiger partial charge in [0.25, 0.3) is 11.7 Å². The van der Waals surface area contributed by atoms with E-state index in [0.29, 0.717) is 54.7 Å². The molecule has 0 aromatic heterocycles. The number of amides is 1. The van der Waals surface area contributed by atoms with E-state index in [0.717, 1.165) is 12.0 Å². The third kappa shape index (κ3) is 6.08. The number of ether oxygens (including phenoxy) is 2. The van der Waals surface area contributed by atoms with Gasteiger partial charge in [-0.25, -0.2) is 0 Å². The topological polar surface area (TPSA) is 76.1 Å². The Morgan fingerprint density at radius 1 is 0.921 bits per heavy atom. The van der Waals surface area contributed by atoms with Crippen molar-refractivity contribution in [1.29, 1.82) is 0 Å².